The van der Waals surface area contributed by atoms with Crippen LogP contribution in [0.15, 0.2) is 88.1 Å². The maximum absolute atomic E-state index is 16.8. The molecule has 1 atom stereocenters. The molecule has 1 aliphatic rings. The Morgan fingerprint density at radius 3 is 2.36 bits per heavy atom. The molecule has 2 aromatic heterocycles. The van der Waals surface area contributed by atoms with Gasteiger partial charge in [0.2, 0.25) is 15.7 Å². The Bertz CT molecular complexity index is 1780. The van der Waals surface area contributed by atoms with E-state index in [4.69, 9.17) is 5.14 Å². The van der Waals surface area contributed by atoms with Gasteiger partial charge < -0.3 is 4.90 Å². The monoisotopic (exact) mass is 585 g/mol. The second kappa shape index (κ2) is 9.94. The molecule has 2 aromatic carbocycles. The van der Waals surface area contributed by atoms with Crippen molar-refractivity contribution in [1.82, 2.24) is 4.98 Å². The van der Waals surface area contributed by atoms with E-state index in [9.17, 15) is 21.6 Å². The molecule has 1 saturated heterocycles. The molecule has 202 valence electrons. The number of thiophene rings is 1. The number of benzene rings is 2. The Labute approximate surface area is 229 Å². The normalized spacial score (nSPS) is 18.3. The third kappa shape index (κ3) is 5.12. The number of nitrogens with two attached hydrogens (primary N) is 1. The van der Waals surface area contributed by atoms with E-state index >= 15 is 4.39 Å². The van der Waals surface area contributed by atoms with Crippen LogP contribution in [0.2, 0.25) is 0 Å². The first-order chi connectivity index (χ1) is 18.4. The predicted molar refractivity (Wildman–Crippen MR) is 148 cm³/mol. The fourth-order valence-electron chi connectivity index (χ4n) is 4.74. The average molecular weight is 586 g/mol. The van der Waals surface area contributed by atoms with Crippen LogP contribution in [0.4, 0.5) is 10.1 Å². The number of alkyl halides is 1. The summed E-state index contributed by atoms with van der Waals surface area (Å²) in [7, 11) is -8.10. The number of carbonyl (C=O) groups excluding carboxylic acids is 1. The highest BCUT2D eigenvalue weighted by molar-refractivity contribution is 7.91. The van der Waals surface area contributed by atoms with Crippen LogP contribution in [-0.4, -0.2) is 40.5 Å². The van der Waals surface area contributed by atoms with E-state index in [1.807, 2.05) is 6.07 Å². The molecule has 3 heterocycles. The molecule has 0 aliphatic carbocycles. The van der Waals surface area contributed by atoms with Crippen molar-refractivity contribution < 1.29 is 26.0 Å². The van der Waals surface area contributed by atoms with Crippen LogP contribution in [0.25, 0.3) is 21.7 Å². The maximum Gasteiger partial charge on any atom is 0.269 e. The number of pyridine rings is 1. The van der Waals surface area contributed by atoms with Gasteiger partial charge in [0.1, 0.15) is 4.21 Å². The molecule has 1 aliphatic heterocycles. The molecule has 0 bridgehead atoms. The van der Waals surface area contributed by atoms with E-state index in [0.717, 1.165) is 22.5 Å². The Balaban J connectivity index is 1.61. The molecule has 4 aromatic rings. The smallest absolute Gasteiger partial charge is 0.269 e. The lowest BCUT2D eigenvalue weighted by molar-refractivity contribution is -0.133. The maximum atomic E-state index is 16.8. The third-order valence-corrected chi connectivity index (χ3v) is 10.3. The van der Waals surface area contributed by atoms with Crippen molar-refractivity contribution in [3.8, 4) is 21.7 Å². The number of rotatable bonds is 6. The van der Waals surface area contributed by atoms with Gasteiger partial charge in [0, 0.05) is 35.8 Å². The molecule has 8 nitrogen and oxygen atoms in total. The summed E-state index contributed by atoms with van der Waals surface area (Å²) in [5, 5.41) is 5.45. The van der Waals surface area contributed by atoms with Crippen LogP contribution >= 0.6 is 11.3 Å². The van der Waals surface area contributed by atoms with Crippen molar-refractivity contribution in [3.05, 3.63) is 84.6 Å². The molecule has 0 saturated carbocycles. The van der Waals surface area contributed by atoms with Crippen molar-refractivity contribution in [3.63, 3.8) is 0 Å². The summed E-state index contributed by atoms with van der Waals surface area (Å²) in [5.41, 5.74) is -1.31. The number of halogens is 1. The quantitative estimate of drug-likeness (QED) is 0.355. The lowest BCUT2D eigenvalue weighted by Gasteiger charge is -2.37. The van der Waals surface area contributed by atoms with Crippen molar-refractivity contribution in [2.24, 2.45) is 5.14 Å². The van der Waals surface area contributed by atoms with Gasteiger partial charge in [-0.1, -0.05) is 42.5 Å². The molecule has 0 radical (unpaired) electrons. The third-order valence-electron chi connectivity index (χ3n) is 6.55. The molecule has 1 fully saturated rings. The molecule has 5 rings (SSSR count). The van der Waals surface area contributed by atoms with Crippen molar-refractivity contribution in [1.29, 1.82) is 0 Å². The Kier molecular flexibility index (Phi) is 6.91. The molecule has 0 spiro atoms. The molecule has 2 N–H and O–H groups in total. The van der Waals surface area contributed by atoms with E-state index in [0.29, 0.717) is 21.7 Å². The first-order valence-electron chi connectivity index (χ1n) is 11.9. The first-order valence-corrected chi connectivity index (χ1v) is 16.1. The number of hydrogen-bond acceptors (Lipinski definition) is 7. The highest BCUT2D eigenvalue weighted by atomic mass is 32.2. The van der Waals surface area contributed by atoms with E-state index in [-0.39, 0.29) is 35.5 Å². The van der Waals surface area contributed by atoms with Gasteiger partial charge in [0.15, 0.2) is 9.84 Å². The zero-order valence-electron chi connectivity index (χ0n) is 20.7. The fourth-order valence-corrected chi connectivity index (χ4v) is 7.85. The van der Waals surface area contributed by atoms with Crippen LogP contribution in [-0.2, 0) is 30.3 Å². The lowest BCUT2D eigenvalue weighted by atomic mass is 9.87. The number of carbonyl (C=O) groups is 1. The number of sulfonamides is 1. The van der Waals surface area contributed by atoms with Gasteiger partial charge in [0.05, 0.1) is 15.5 Å². The lowest BCUT2D eigenvalue weighted by Crippen LogP contribution is -2.49. The number of aromatic nitrogens is 1. The summed E-state index contributed by atoms with van der Waals surface area (Å²) >= 11 is 0.751. The minimum atomic E-state index is -4.38. The van der Waals surface area contributed by atoms with Gasteiger partial charge in [-0.15, -0.1) is 11.3 Å². The van der Waals surface area contributed by atoms with E-state index in [1.165, 1.54) is 18.3 Å². The minimum Gasteiger partial charge on any atom is -0.309 e. The summed E-state index contributed by atoms with van der Waals surface area (Å²) < 4.78 is 66.7. The Hall–Kier alpha value is -3.45. The largest absolute Gasteiger partial charge is 0.309 e. The summed E-state index contributed by atoms with van der Waals surface area (Å²) in [4.78, 5) is 19.5. The number of primary sulfonamides is 1. The summed E-state index contributed by atoms with van der Waals surface area (Å²) in [5.74, 6) is -0.990. The Morgan fingerprint density at radius 1 is 1.00 bits per heavy atom. The topological polar surface area (TPSA) is 128 Å². The highest BCUT2D eigenvalue weighted by Gasteiger charge is 2.50. The van der Waals surface area contributed by atoms with Crippen LogP contribution in [0.5, 0.6) is 0 Å². The predicted octanol–water partition coefficient (Wildman–Crippen LogP) is 4.52. The van der Waals surface area contributed by atoms with Gasteiger partial charge >= 0.3 is 0 Å². The SMILES string of the molecule is CS(=O)(=O)c1cc(N2CCCC(F)(c3cc(-c4ccccn4)sc3S(N)(=O)=O)C2=O)ccc1-c1ccccc1. The second-order valence-electron chi connectivity index (χ2n) is 9.25. The van der Waals surface area contributed by atoms with Crippen molar-refractivity contribution >= 4 is 42.8 Å². The van der Waals surface area contributed by atoms with Gasteiger partial charge in [-0.05, 0) is 48.7 Å². The van der Waals surface area contributed by atoms with Crippen molar-refractivity contribution in [2.45, 2.75) is 27.6 Å². The first kappa shape index (κ1) is 27.1. The molecular formula is C27H24FN3O5S3. The van der Waals surface area contributed by atoms with Gasteiger partial charge in [-0.25, -0.2) is 26.4 Å². The van der Waals surface area contributed by atoms with Gasteiger partial charge in [-0.3, -0.25) is 9.78 Å². The van der Waals surface area contributed by atoms with E-state index < -0.39 is 35.6 Å². The van der Waals surface area contributed by atoms with Crippen LogP contribution in [0.3, 0.4) is 0 Å². The van der Waals surface area contributed by atoms with E-state index in [1.54, 1.807) is 54.6 Å². The van der Waals surface area contributed by atoms with Crippen LogP contribution in [0.1, 0.15) is 18.4 Å². The number of piperidine rings is 1. The standard InChI is InChI=1S/C27H24FN3O5S3/c1-38(33,34)24-16-19(11-12-20(24)18-8-3-2-4-9-18)31-15-7-13-27(28,26(31)32)21-17-23(22-10-5-6-14-30-22)37-25(21)39(29,35)36/h2-6,8-12,14,16-17H,7,13,15H2,1H3,(H2,29,35,36). The van der Waals surface area contributed by atoms with Crippen LogP contribution < -0.4 is 10.0 Å². The summed E-state index contributed by atoms with van der Waals surface area (Å²) in [6, 6.07) is 19.8. The summed E-state index contributed by atoms with van der Waals surface area (Å²) in [6.45, 7) is 0.125. The van der Waals surface area contributed by atoms with Crippen molar-refractivity contribution in [2.75, 3.05) is 17.7 Å². The minimum absolute atomic E-state index is 0.00720. The summed E-state index contributed by atoms with van der Waals surface area (Å²) in [6.07, 6.45) is 2.53. The second-order valence-corrected chi connectivity index (χ2v) is 14.0. The molecule has 12 heteroatoms. The molecule has 1 amide bonds. The van der Waals surface area contributed by atoms with E-state index in [2.05, 4.69) is 4.98 Å². The fraction of sp³-hybridized carbons (Fsp3) is 0.185. The highest BCUT2D eigenvalue weighted by Crippen LogP contribution is 2.46. The molecule has 1 unspecified atom stereocenters. The zero-order valence-corrected chi connectivity index (χ0v) is 23.2. The van der Waals surface area contributed by atoms with Crippen LogP contribution in [0, 0.1) is 0 Å². The van der Waals surface area contributed by atoms with Gasteiger partial charge in [0.25, 0.3) is 5.91 Å². The van der Waals surface area contributed by atoms with Gasteiger partial charge in [-0.2, -0.15) is 0 Å². The number of nitrogens with zero attached hydrogens (tertiary/aromatic N) is 2. The number of sulfone groups is 1. The molecule has 39 heavy (non-hydrogen) atoms. The molecular weight excluding hydrogens is 562 g/mol. The number of amides is 1. The Morgan fingerprint density at radius 2 is 1.72 bits per heavy atom. The zero-order chi connectivity index (χ0) is 28.0. The number of anilines is 1. The average Bonchev–Trinajstić information content (AvgIpc) is 3.38. The number of hydrogen-bond donors (Lipinski definition) is 1.